The predicted octanol–water partition coefficient (Wildman–Crippen LogP) is 0.979. The monoisotopic (exact) mass is 297 g/mol. The second-order valence-electron chi connectivity index (χ2n) is 5.37. The van der Waals surface area contributed by atoms with E-state index < -0.39 is 0 Å². The molecule has 0 saturated carbocycles. The molecule has 110 valence electrons. The molecule has 4 N–H and O–H groups in total. The van der Waals surface area contributed by atoms with E-state index in [1.54, 1.807) is 19.2 Å². The van der Waals surface area contributed by atoms with Gasteiger partial charge in [-0.1, -0.05) is 11.6 Å². The van der Waals surface area contributed by atoms with E-state index in [9.17, 15) is 4.79 Å². The highest BCUT2D eigenvalue weighted by molar-refractivity contribution is 6.31. The van der Waals surface area contributed by atoms with Crippen molar-refractivity contribution < 1.29 is 4.79 Å². The van der Waals surface area contributed by atoms with Crippen molar-refractivity contribution in [2.24, 2.45) is 11.3 Å². The molecule has 0 bridgehead atoms. The number of carbonyl (C=O) groups is 1. The average Bonchev–Trinajstić information content (AvgIpc) is 2.83. The van der Waals surface area contributed by atoms with Gasteiger partial charge in [-0.2, -0.15) is 0 Å². The van der Waals surface area contributed by atoms with Crippen LogP contribution >= 0.6 is 11.6 Å². The molecule has 1 aromatic rings. The summed E-state index contributed by atoms with van der Waals surface area (Å²) in [6.45, 7) is 4.15. The summed E-state index contributed by atoms with van der Waals surface area (Å²) in [4.78, 5) is 18.4. The minimum Gasteiger partial charge on any atom is -0.359 e. The number of likely N-dealkylation sites (tertiary alicyclic amines) is 1. The quantitative estimate of drug-likeness (QED) is 0.570. The molecule has 2 rings (SSSR count). The zero-order valence-corrected chi connectivity index (χ0v) is 12.5. The number of hydrogen-bond donors (Lipinski definition) is 3. The Morgan fingerprint density at radius 3 is 3.00 bits per heavy atom. The summed E-state index contributed by atoms with van der Waals surface area (Å²) in [5.74, 6) is 6.02. The Morgan fingerprint density at radius 2 is 2.35 bits per heavy atom. The smallest absolute Gasteiger partial charge is 0.227 e. The first-order valence-electron chi connectivity index (χ1n) is 6.55. The summed E-state index contributed by atoms with van der Waals surface area (Å²) in [7, 11) is 1.67. The summed E-state index contributed by atoms with van der Waals surface area (Å²) in [5.41, 5.74) is 2.94. The third-order valence-electron chi connectivity index (χ3n) is 3.77. The number of hydrazine groups is 1. The van der Waals surface area contributed by atoms with Crippen LogP contribution in [0.15, 0.2) is 12.1 Å². The van der Waals surface area contributed by atoms with Gasteiger partial charge in [-0.3, -0.25) is 9.69 Å². The third-order valence-corrected chi connectivity index (χ3v) is 4.11. The highest BCUT2D eigenvalue weighted by Crippen LogP contribution is 2.31. The molecule has 0 aliphatic carbocycles. The van der Waals surface area contributed by atoms with Crippen molar-refractivity contribution in [1.82, 2.24) is 15.2 Å². The fourth-order valence-corrected chi connectivity index (χ4v) is 2.73. The first-order valence-corrected chi connectivity index (χ1v) is 6.93. The highest BCUT2D eigenvalue weighted by Gasteiger charge is 2.39. The second-order valence-corrected chi connectivity index (χ2v) is 5.78. The van der Waals surface area contributed by atoms with E-state index in [1.807, 2.05) is 6.92 Å². The van der Waals surface area contributed by atoms with Crippen LogP contribution < -0.4 is 16.6 Å². The number of aromatic nitrogens is 1. The number of nitrogens with two attached hydrogens (primary N) is 1. The Labute approximate surface area is 123 Å². The molecule has 1 unspecified atom stereocenters. The van der Waals surface area contributed by atoms with E-state index in [2.05, 4.69) is 20.6 Å². The van der Waals surface area contributed by atoms with Crippen LogP contribution in [0.2, 0.25) is 5.02 Å². The van der Waals surface area contributed by atoms with Gasteiger partial charge in [0.2, 0.25) is 5.91 Å². The standard InChI is InChI=1S/C13H20ClN5O/c1-13(12(20)16-2)5-6-19(8-13)7-10-9(14)3-4-11(17-10)18-15/h3-4H,5-8,15H2,1-2H3,(H,16,20)(H,17,18). The molecule has 20 heavy (non-hydrogen) atoms. The maximum absolute atomic E-state index is 11.9. The highest BCUT2D eigenvalue weighted by atomic mass is 35.5. The molecule has 0 spiro atoms. The molecular weight excluding hydrogens is 278 g/mol. The summed E-state index contributed by atoms with van der Waals surface area (Å²) in [6.07, 6.45) is 0.832. The Kier molecular flexibility index (Phi) is 4.47. The largest absolute Gasteiger partial charge is 0.359 e. The van der Waals surface area contributed by atoms with Crippen molar-refractivity contribution in [3.63, 3.8) is 0 Å². The topological polar surface area (TPSA) is 83.3 Å². The number of carbonyl (C=O) groups excluding carboxylic acids is 1. The number of amides is 1. The molecule has 1 atom stereocenters. The van der Waals surface area contributed by atoms with Crippen LogP contribution in [0.4, 0.5) is 5.82 Å². The normalized spacial score (nSPS) is 22.8. The molecule has 1 aliphatic rings. The van der Waals surface area contributed by atoms with Gasteiger partial charge in [0, 0.05) is 20.1 Å². The van der Waals surface area contributed by atoms with Crippen LogP contribution in [0.1, 0.15) is 19.0 Å². The molecule has 1 amide bonds. The molecular formula is C13H20ClN5O. The molecule has 1 fully saturated rings. The lowest BCUT2D eigenvalue weighted by molar-refractivity contribution is -0.129. The molecule has 2 heterocycles. The molecule has 1 saturated heterocycles. The Balaban J connectivity index is 2.07. The zero-order valence-electron chi connectivity index (χ0n) is 11.7. The van der Waals surface area contributed by atoms with Crippen LogP contribution in [0, 0.1) is 5.41 Å². The predicted molar refractivity (Wildman–Crippen MR) is 79.1 cm³/mol. The van der Waals surface area contributed by atoms with E-state index in [4.69, 9.17) is 17.4 Å². The number of halogens is 1. The lowest BCUT2D eigenvalue weighted by atomic mass is 9.89. The fourth-order valence-electron chi connectivity index (χ4n) is 2.57. The maximum atomic E-state index is 11.9. The molecule has 0 aromatic carbocycles. The van der Waals surface area contributed by atoms with Gasteiger partial charge >= 0.3 is 0 Å². The van der Waals surface area contributed by atoms with E-state index >= 15 is 0 Å². The van der Waals surface area contributed by atoms with Crippen molar-refractivity contribution in [1.29, 1.82) is 0 Å². The van der Waals surface area contributed by atoms with Crippen molar-refractivity contribution in [3.05, 3.63) is 22.8 Å². The van der Waals surface area contributed by atoms with Crippen LogP contribution in [0.25, 0.3) is 0 Å². The maximum Gasteiger partial charge on any atom is 0.227 e. The number of anilines is 1. The van der Waals surface area contributed by atoms with Crippen LogP contribution in [-0.2, 0) is 11.3 Å². The summed E-state index contributed by atoms with van der Waals surface area (Å²) in [5, 5.41) is 3.34. The van der Waals surface area contributed by atoms with Gasteiger partial charge in [-0.15, -0.1) is 0 Å². The van der Waals surface area contributed by atoms with Crippen LogP contribution in [0.5, 0.6) is 0 Å². The van der Waals surface area contributed by atoms with Crippen molar-refractivity contribution in [2.45, 2.75) is 19.9 Å². The second kappa shape index (κ2) is 5.95. The molecule has 1 aromatic heterocycles. The van der Waals surface area contributed by atoms with Gasteiger partial charge in [0.25, 0.3) is 0 Å². The van der Waals surface area contributed by atoms with Gasteiger partial charge in [0.05, 0.1) is 16.1 Å². The van der Waals surface area contributed by atoms with Crippen molar-refractivity contribution in [3.8, 4) is 0 Å². The lowest BCUT2D eigenvalue weighted by Crippen LogP contribution is -2.39. The number of nitrogen functional groups attached to an aromatic ring is 1. The Hall–Kier alpha value is -1.37. The van der Waals surface area contributed by atoms with Gasteiger partial charge in [0.15, 0.2) is 0 Å². The number of nitrogens with one attached hydrogen (secondary N) is 2. The minimum atomic E-state index is -0.342. The number of nitrogens with zero attached hydrogens (tertiary/aromatic N) is 2. The van der Waals surface area contributed by atoms with Crippen molar-refractivity contribution >= 4 is 23.3 Å². The first kappa shape index (κ1) is 15.0. The molecule has 7 heteroatoms. The van der Waals surface area contributed by atoms with Crippen molar-refractivity contribution in [2.75, 3.05) is 25.6 Å². The molecule has 1 aliphatic heterocycles. The number of pyridine rings is 1. The van der Waals surface area contributed by atoms with Gasteiger partial charge in [0.1, 0.15) is 5.82 Å². The lowest BCUT2D eigenvalue weighted by Gasteiger charge is -2.22. The first-order chi connectivity index (χ1) is 9.48. The number of hydrogen-bond acceptors (Lipinski definition) is 5. The summed E-state index contributed by atoms with van der Waals surface area (Å²) < 4.78 is 0. The fraction of sp³-hybridized carbons (Fsp3) is 0.538. The Morgan fingerprint density at radius 1 is 1.60 bits per heavy atom. The SMILES string of the molecule is CNC(=O)C1(C)CCN(Cc2nc(NN)ccc2Cl)C1. The van der Waals surface area contributed by atoms with Gasteiger partial charge < -0.3 is 10.7 Å². The van der Waals surface area contributed by atoms with E-state index in [-0.39, 0.29) is 11.3 Å². The van der Waals surface area contributed by atoms with Gasteiger partial charge in [-0.25, -0.2) is 10.8 Å². The third kappa shape index (κ3) is 3.03. The molecule has 6 nitrogen and oxygen atoms in total. The van der Waals surface area contributed by atoms with E-state index in [1.165, 1.54) is 0 Å². The Bertz CT molecular complexity index is 510. The van der Waals surface area contributed by atoms with Crippen LogP contribution in [0.3, 0.4) is 0 Å². The molecule has 0 radical (unpaired) electrons. The minimum absolute atomic E-state index is 0.0800. The summed E-state index contributed by atoms with van der Waals surface area (Å²) in [6, 6.07) is 3.50. The zero-order chi connectivity index (χ0) is 14.8. The van der Waals surface area contributed by atoms with E-state index in [0.29, 0.717) is 23.9 Å². The summed E-state index contributed by atoms with van der Waals surface area (Å²) >= 11 is 6.16. The number of rotatable bonds is 4. The average molecular weight is 298 g/mol. The van der Waals surface area contributed by atoms with Gasteiger partial charge in [-0.05, 0) is 32.0 Å². The van der Waals surface area contributed by atoms with E-state index in [0.717, 1.165) is 18.7 Å². The van der Waals surface area contributed by atoms with Crippen LogP contribution in [-0.4, -0.2) is 35.9 Å².